The fourth-order valence-electron chi connectivity index (χ4n) is 8.56. The first kappa shape index (κ1) is 46.2. The van der Waals surface area contributed by atoms with Gasteiger partial charge in [0.1, 0.15) is 35.3 Å². The number of nitrogens with one attached hydrogen (secondary N) is 3. The van der Waals surface area contributed by atoms with Crippen LogP contribution in [0.2, 0.25) is 0 Å². The number of pyridine rings is 1. The summed E-state index contributed by atoms with van der Waals surface area (Å²) in [5.74, 6) is -2.33. The van der Waals surface area contributed by atoms with Gasteiger partial charge >= 0.3 is 12.3 Å². The quantitative estimate of drug-likeness (QED) is 0.293. The minimum atomic E-state index is -4.92. The van der Waals surface area contributed by atoms with Crippen LogP contribution in [0.5, 0.6) is 11.6 Å². The van der Waals surface area contributed by atoms with E-state index < -0.39 is 85.9 Å². The highest BCUT2D eigenvalue weighted by atomic mass is 32.2. The molecule has 4 fully saturated rings. The van der Waals surface area contributed by atoms with Crippen LogP contribution in [-0.2, 0) is 33.9 Å². The fraction of sp³-hybridized carbons (Fsp3) is 0.651. The largest absolute Gasteiger partial charge is 0.497 e. The molecule has 346 valence electrons. The molecule has 1 aromatic carbocycles. The number of aromatic nitrogens is 1. The number of amides is 4. The normalized spacial score (nSPS) is 29.5. The first-order chi connectivity index (χ1) is 29.6. The monoisotopic (exact) mass is 906 g/mol. The Hall–Kier alpha value is -4.85. The highest BCUT2D eigenvalue weighted by Crippen LogP contribution is 2.48. The maximum atomic E-state index is 15.0. The number of methoxy groups -OCH3 is 1. The van der Waals surface area contributed by atoms with Crippen LogP contribution >= 0.6 is 0 Å². The van der Waals surface area contributed by atoms with E-state index in [9.17, 15) is 40.8 Å². The van der Waals surface area contributed by atoms with Gasteiger partial charge in [-0.2, -0.15) is 18.2 Å². The minimum Gasteiger partial charge on any atom is -0.497 e. The van der Waals surface area contributed by atoms with E-state index in [2.05, 4.69) is 15.4 Å². The number of ether oxygens (including phenoxy) is 4. The lowest BCUT2D eigenvalue weighted by Crippen LogP contribution is -2.59. The molecule has 0 spiro atoms. The van der Waals surface area contributed by atoms with E-state index in [1.807, 2.05) is 30.0 Å². The van der Waals surface area contributed by atoms with Gasteiger partial charge in [0.15, 0.2) is 0 Å². The van der Waals surface area contributed by atoms with E-state index in [1.165, 1.54) is 4.90 Å². The van der Waals surface area contributed by atoms with Crippen molar-refractivity contribution in [2.45, 2.75) is 120 Å². The molecule has 4 amide bonds. The summed E-state index contributed by atoms with van der Waals surface area (Å²) in [7, 11) is -2.55. The number of halogens is 3. The summed E-state index contributed by atoms with van der Waals surface area (Å²) in [6.45, 7) is 8.45. The van der Waals surface area contributed by atoms with Gasteiger partial charge in [-0.25, -0.2) is 13.2 Å². The van der Waals surface area contributed by atoms with Crippen molar-refractivity contribution in [2.75, 3.05) is 44.9 Å². The Morgan fingerprint density at radius 2 is 1.78 bits per heavy atom. The summed E-state index contributed by atoms with van der Waals surface area (Å²) < 4.78 is 91.7. The van der Waals surface area contributed by atoms with Crippen molar-refractivity contribution in [3.05, 3.63) is 36.4 Å². The summed E-state index contributed by atoms with van der Waals surface area (Å²) in [6.07, 6.45) is -1.42. The Labute approximate surface area is 365 Å². The number of alkyl halides is 3. The SMILES string of the molecule is COc1ccc2c(O[C@@H]3C[C@H]4C(=O)N[C@]5(C(=O)NS(=O)(=O)C6(C)CC6)C[C@H]5/C=C\CC[C@@H](C)C[C@@H](C)[C@H](NC(=O)OC(C)(C)C(F)(F)F)C(=O)N4C3)nc(N3CCOCC3)cc2c1. The number of fused-ring (bicyclic) bond motifs is 3. The second kappa shape index (κ2) is 17.3. The van der Waals surface area contributed by atoms with Crippen LogP contribution in [0.1, 0.15) is 79.6 Å². The molecule has 0 bridgehead atoms. The van der Waals surface area contributed by atoms with E-state index in [0.717, 1.165) is 5.39 Å². The van der Waals surface area contributed by atoms with Gasteiger partial charge in [-0.05, 0) is 101 Å². The predicted molar refractivity (Wildman–Crippen MR) is 224 cm³/mol. The van der Waals surface area contributed by atoms with Gasteiger partial charge < -0.3 is 39.4 Å². The topological polar surface area (TPSA) is 195 Å². The molecular weight excluding hydrogens is 850 g/mol. The Morgan fingerprint density at radius 1 is 1.06 bits per heavy atom. The molecule has 4 heterocycles. The lowest BCUT2D eigenvalue weighted by molar-refractivity contribution is -0.244. The van der Waals surface area contributed by atoms with Crippen molar-refractivity contribution in [3.8, 4) is 11.6 Å². The fourth-order valence-corrected chi connectivity index (χ4v) is 9.87. The number of allylic oxidation sites excluding steroid dienone is 1. The summed E-state index contributed by atoms with van der Waals surface area (Å²) >= 11 is 0. The van der Waals surface area contributed by atoms with Gasteiger partial charge in [-0.1, -0.05) is 26.0 Å². The Morgan fingerprint density at radius 3 is 2.44 bits per heavy atom. The molecule has 2 aromatic rings. The number of alkyl carbamates (subject to hydrolysis) is 1. The molecule has 3 N–H and O–H groups in total. The second-order valence-electron chi connectivity index (χ2n) is 18.5. The molecule has 20 heteroatoms. The first-order valence-corrected chi connectivity index (χ1v) is 22.9. The molecule has 5 aliphatic rings. The third-order valence-electron chi connectivity index (χ3n) is 13.2. The van der Waals surface area contributed by atoms with Crippen molar-refractivity contribution < 1.29 is 59.7 Å². The van der Waals surface area contributed by atoms with E-state index in [4.69, 9.17) is 23.9 Å². The standard InChI is InChI=1S/C43H57F3N6O10S/c1-25-9-7-8-10-28-23-42(28,38(55)50-63(57,58)41(5)13-14-41)49-35(53)32-22-30(24-52(32)37(54)34(26(2)19-25)48-39(56)62-40(3,4)43(44,45)46)61-36-31-12-11-29(59-6)20-27(31)21-33(47-36)51-15-17-60-18-16-51/h8,10-12,20-21,25-26,28,30,32,34H,7,9,13-19,22-24H2,1-6H3,(H,48,56)(H,49,53)(H,50,55)/b10-8-/t25-,26-,28-,30-,32+,34+,42-/m1/s1. The zero-order valence-electron chi connectivity index (χ0n) is 36.4. The molecule has 2 saturated carbocycles. The average Bonchev–Trinajstić information content (AvgIpc) is 4.10. The van der Waals surface area contributed by atoms with Crippen molar-refractivity contribution >= 4 is 50.4 Å². The summed E-state index contributed by atoms with van der Waals surface area (Å²) in [6, 6.07) is 4.46. The third kappa shape index (κ3) is 9.66. The molecular formula is C43H57F3N6O10S. The lowest BCUT2D eigenvalue weighted by atomic mass is 9.88. The number of hydrogen-bond acceptors (Lipinski definition) is 12. The van der Waals surface area contributed by atoms with E-state index in [-0.39, 0.29) is 31.2 Å². The molecule has 1 aromatic heterocycles. The number of anilines is 1. The van der Waals surface area contributed by atoms with E-state index in [1.54, 1.807) is 39.2 Å². The van der Waals surface area contributed by atoms with Gasteiger partial charge in [0.25, 0.3) is 5.91 Å². The first-order valence-electron chi connectivity index (χ1n) is 21.5. The molecule has 16 nitrogen and oxygen atoms in total. The molecule has 63 heavy (non-hydrogen) atoms. The third-order valence-corrected chi connectivity index (χ3v) is 15.3. The highest BCUT2D eigenvalue weighted by Gasteiger charge is 2.63. The van der Waals surface area contributed by atoms with Crippen LogP contribution < -0.4 is 29.7 Å². The lowest BCUT2D eigenvalue weighted by Gasteiger charge is -2.34. The van der Waals surface area contributed by atoms with Crippen LogP contribution in [-0.4, -0.2) is 122 Å². The van der Waals surface area contributed by atoms with Gasteiger partial charge in [-0.15, -0.1) is 0 Å². The minimum absolute atomic E-state index is 0.0480. The van der Waals surface area contributed by atoms with Crippen LogP contribution in [0.3, 0.4) is 0 Å². The number of nitrogens with zero attached hydrogens (tertiary/aromatic N) is 3. The van der Waals surface area contributed by atoms with Crippen molar-refractivity contribution in [1.29, 1.82) is 0 Å². The Bertz CT molecular complexity index is 2250. The number of rotatable bonds is 9. The Balaban J connectivity index is 1.25. The van der Waals surface area contributed by atoms with Crippen molar-refractivity contribution in [1.82, 2.24) is 25.2 Å². The molecule has 0 radical (unpaired) electrons. The molecule has 7 rings (SSSR count). The zero-order valence-corrected chi connectivity index (χ0v) is 37.2. The molecule has 7 atom stereocenters. The second-order valence-corrected chi connectivity index (χ2v) is 20.6. The van der Waals surface area contributed by atoms with Gasteiger partial charge in [0.2, 0.25) is 33.3 Å². The number of morpholine rings is 1. The number of hydrogen-bond donors (Lipinski definition) is 3. The molecule has 3 aliphatic heterocycles. The van der Waals surface area contributed by atoms with E-state index in [0.29, 0.717) is 89.2 Å². The van der Waals surface area contributed by atoms with Gasteiger partial charge in [0, 0.05) is 30.8 Å². The smallest absolute Gasteiger partial charge is 0.427 e. The van der Waals surface area contributed by atoms with Gasteiger partial charge in [0.05, 0.1) is 31.6 Å². The molecule has 2 saturated heterocycles. The van der Waals surface area contributed by atoms with E-state index >= 15 is 0 Å². The molecule has 2 aliphatic carbocycles. The highest BCUT2D eigenvalue weighted by molar-refractivity contribution is 7.91. The number of carbonyl (C=O) groups excluding carboxylic acids is 4. The number of carbonyl (C=O) groups is 4. The number of benzene rings is 1. The Kier molecular flexibility index (Phi) is 12.6. The van der Waals surface area contributed by atoms with Crippen molar-refractivity contribution in [2.24, 2.45) is 17.8 Å². The summed E-state index contributed by atoms with van der Waals surface area (Å²) in [5.41, 5.74) is -4.56. The van der Waals surface area contributed by atoms with Crippen LogP contribution in [0.25, 0.3) is 10.8 Å². The van der Waals surface area contributed by atoms with Crippen LogP contribution in [0.4, 0.5) is 23.8 Å². The maximum absolute atomic E-state index is 15.0. The maximum Gasteiger partial charge on any atom is 0.427 e. The predicted octanol–water partition coefficient (Wildman–Crippen LogP) is 4.75. The van der Waals surface area contributed by atoms with Crippen LogP contribution in [0, 0.1) is 17.8 Å². The van der Waals surface area contributed by atoms with Crippen molar-refractivity contribution in [3.63, 3.8) is 0 Å². The summed E-state index contributed by atoms with van der Waals surface area (Å²) in [4.78, 5) is 65.1. The molecule has 0 unspecified atom stereocenters. The zero-order chi connectivity index (χ0) is 45.7. The number of sulfonamides is 1. The summed E-state index contributed by atoms with van der Waals surface area (Å²) in [5, 5.41) is 6.58. The van der Waals surface area contributed by atoms with Gasteiger partial charge in [-0.3, -0.25) is 19.1 Å². The average molecular weight is 907 g/mol. The van der Waals surface area contributed by atoms with Crippen LogP contribution in [0.15, 0.2) is 36.4 Å².